The minimum absolute atomic E-state index is 0.106. The minimum Gasteiger partial charge on any atom is -0.383 e. The monoisotopic (exact) mass is 258 g/mol. The maximum atomic E-state index is 11.9. The van der Waals surface area contributed by atoms with Crippen LogP contribution in [0.25, 0.3) is 0 Å². The van der Waals surface area contributed by atoms with Gasteiger partial charge in [0.15, 0.2) is 0 Å². The van der Waals surface area contributed by atoms with Crippen molar-refractivity contribution in [2.24, 2.45) is 5.92 Å². The minimum atomic E-state index is -0.106. The first-order chi connectivity index (χ1) is 9.15. The molecular formula is C14H18N4O. The quantitative estimate of drug-likeness (QED) is 0.887. The molecule has 5 heteroatoms. The maximum absolute atomic E-state index is 11.9. The van der Waals surface area contributed by atoms with Crippen molar-refractivity contribution in [2.45, 2.75) is 20.4 Å². The standard InChI is InChI=1S/C14H18N4O/c1-11(2)8-16-13-7-14(19)18(17-9-13)10-12-3-5-15-6-4-12/h3-7,9,11,16H,8,10H2,1-2H3. The second-order valence-corrected chi connectivity index (χ2v) is 4.87. The van der Waals surface area contributed by atoms with Crippen LogP contribution in [0.2, 0.25) is 0 Å². The number of anilines is 1. The highest BCUT2D eigenvalue weighted by Crippen LogP contribution is 2.03. The van der Waals surface area contributed by atoms with Gasteiger partial charge in [0, 0.05) is 25.0 Å². The Labute approximate surface area is 112 Å². The molecule has 100 valence electrons. The molecule has 0 radical (unpaired) electrons. The predicted octanol–water partition coefficient (Wildman–Crippen LogP) is 1.75. The zero-order valence-corrected chi connectivity index (χ0v) is 11.2. The molecule has 0 aliphatic heterocycles. The average Bonchev–Trinajstić information content (AvgIpc) is 2.40. The van der Waals surface area contributed by atoms with Gasteiger partial charge >= 0.3 is 0 Å². The molecule has 0 bridgehead atoms. The lowest BCUT2D eigenvalue weighted by molar-refractivity contribution is 0.636. The fraction of sp³-hybridized carbons (Fsp3) is 0.357. The second-order valence-electron chi connectivity index (χ2n) is 4.87. The Hall–Kier alpha value is -2.17. The third-order valence-corrected chi connectivity index (χ3v) is 2.67. The van der Waals surface area contributed by atoms with E-state index in [-0.39, 0.29) is 5.56 Å². The number of nitrogens with one attached hydrogen (secondary N) is 1. The molecule has 0 aromatic carbocycles. The first-order valence-electron chi connectivity index (χ1n) is 6.35. The maximum Gasteiger partial charge on any atom is 0.269 e. The van der Waals surface area contributed by atoms with Crippen molar-refractivity contribution in [1.82, 2.24) is 14.8 Å². The van der Waals surface area contributed by atoms with Crippen molar-refractivity contribution in [1.29, 1.82) is 0 Å². The summed E-state index contributed by atoms with van der Waals surface area (Å²) in [6.07, 6.45) is 5.10. The first kappa shape index (κ1) is 13.3. The van der Waals surface area contributed by atoms with Gasteiger partial charge in [-0.25, -0.2) is 4.68 Å². The van der Waals surface area contributed by atoms with Crippen molar-refractivity contribution in [3.05, 3.63) is 52.7 Å². The van der Waals surface area contributed by atoms with Gasteiger partial charge in [-0.1, -0.05) is 13.8 Å². The largest absolute Gasteiger partial charge is 0.383 e. The van der Waals surface area contributed by atoms with Crippen LogP contribution in [0.5, 0.6) is 0 Å². The first-order valence-corrected chi connectivity index (χ1v) is 6.35. The Bertz CT molecular complexity index is 577. The zero-order chi connectivity index (χ0) is 13.7. The fourth-order valence-electron chi connectivity index (χ4n) is 1.63. The van der Waals surface area contributed by atoms with Crippen molar-refractivity contribution in [3.63, 3.8) is 0 Å². The van der Waals surface area contributed by atoms with E-state index in [1.54, 1.807) is 24.7 Å². The number of aromatic nitrogens is 3. The molecule has 0 fully saturated rings. The van der Waals surface area contributed by atoms with Gasteiger partial charge < -0.3 is 5.32 Å². The van der Waals surface area contributed by atoms with E-state index in [1.165, 1.54) is 4.68 Å². The Morgan fingerprint density at radius 2 is 2.05 bits per heavy atom. The molecule has 0 saturated carbocycles. The van der Waals surface area contributed by atoms with Crippen LogP contribution in [-0.4, -0.2) is 21.3 Å². The van der Waals surface area contributed by atoms with Gasteiger partial charge in [0.1, 0.15) is 0 Å². The van der Waals surface area contributed by atoms with E-state index >= 15 is 0 Å². The third kappa shape index (κ3) is 3.91. The molecule has 5 nitrogen and oxygen atoms in total. The highest BCUT2D eigenvalue weighted by molar-refractivity contribution is 5.38. The molecule has 2 rings (SSSR count). The summed E-state index contributed by atoms with van der Waals surface area (Å²) in [5, 5.41) is 7.36. The van der Waals surface area contributed by atoms with Crippen LogP contribution in [0.1, 0.15) is 19.4 Å². The van der Waals surface area contributed by atoms with Crippen LogP contribution < -0.4 is 10.9 Å². The number of nitrogens with zero attached hydrogens (tertiary/aromatic N) is 3. The Balaban J connectivity index is 2.09. The van der Waals surface area contributed by atoms with Gasteiger partial charge in [0.05, 0.1) is 18.4 Å². The van der Waals surface area contributed by atoms with Crippen LogP contribution >= 0.6 is 0 Å². The summed E-state index contributed by atoms with van der Waals surface area (Å²) < 4.78 is 1.44. The Kier molecular flexibility index (Phi) is 4.28. The molecule has 0 unspecified atom stereocenters. The number of hydrogen-bond acceptors (Lipinski definition) is 4. The van der Waals surface area contributed by atoms with Crippen LogP contribution in [0.4, 0.5) is 5.69 Å². The Morgan fingerprint density at radius 1 is 1.32 bits per heavy atom. The lowest BCUT2D eigenvalue weighted by Gasteiger charge is -2.09. The molecule has 0 atom stereocenters. The van der Waals surface area contributed by atoms with Crippen molar-refractivity contribution in [3.8, 4) is 0 Å². The summed E-state index contributed by atoms with van der Waals surface area (Å²) >= 11 is 0. The molecule has 0 aliphatic rings. The highest BCUT2D eigenvalue weighted by Gasteiger charge is 2.02. The topological polar surface area (TPSA) is 59.8 Å². The SMILES string of the molecule is CC(C)CNc1cnn(Cc2ccncc2)c(=O)c1. The predicted molar refractivity (Wildman–Crippen MR) is 75.2 cm³/mol. The lowest BCUT2D eigenvalue weighted by Crippen LogP contribution is -2.23. The molecular weight excluding hydrogens is 240 g/mol. The van der Waals surface area contributed by atoms with Gasteiger partial charge in [-0.2, -0.15) is 5.10 Å². The zero-order valence-electron chi connectivity index (χ0n) is 11.2. The molecule has 0 aliphatic carbocycles. The van der Waals surface area contributed by atoms with E-state index < -0.39 is 0 Å². The van der Waals surface area contributed by atoms with Gasteiger partial charge in [-0.05, 0) is 23.6 Å². The normalized spacial score (nSPS) is 10.7. The smallest absolute Gasteiger partial charge is 0.269 e. The number of hydrogen-bond donors (Lipinski definition) is 1. The average molecular weight is 258 g/mol. The van der Waals surface area contributed by atoms with Crippen molar-refractivity contribution >= 4 is 5.69 Å². The van der Waals surface area contributed by atoms with E-state index in [0.717, 1.165) is 17.8 Å². The summed E-state index contributed by atoms with van der Waals surface area (Å²) in [4.78, 5) is 15.9. The number of pyridine rings is 1. The molecule has 2 heterocycles. The summed E-state index contributed by atoms with van der Waals surface area (Å²) in [5.74, 6) is 0.527. The second kappa shape index (κ2) is 6.13. The van der Waals surface area contributed by atoms with Gasteiger partial charge in [-0.15, -0.1) is 0 Å². The van der Waals surface area contributed by atoms with E-state index in [4.69, 9.17) is 0 Å². The van der Waals surface area contributed by atoms with E-state index in [2.05, 4.69) is 29.2 Å². The van der Waals surface area contributed by atoms with Gasteiger partial charge in [0.2, 0.25) is 0 Å². The molecule has 2 aromatic rings. The van der Waals surface area contributed by atoms with Crippen LogP contribution in [0, 0.1) is 5.92 Å². The molecule has 1 N–H and O–H groups in total. The highest BCUT2D eigenvalue weighted by atomic mass is 16.1. The lowest BCUT2D eigenvalue weighted by atomic mass is 10.2. The van der Waals surface area contributed by atoms with Gasteiger partial charge in [-0.3, -0.25) is 9.78 Å². The molecule has 2 aromatic heterocycles. The molecule has 0 spiro atoms. The number of rotatable bonds is 5. The summed E-state index contributed by atoms with van der Waals surface area (Å²) in [6, 6.07) is 5.33. The van der Waals surface area contributed by atoms with Crippen molar-refractivity contribution < 1.29 is 0 Å². The van der Waals surface area contributed by atoms with Gasteiger partial charge in [0.25, 0.3) is 5.56 Å². The van der Waals surface area contributed by atoms with Crippen LogP contribution in [0.15, 0.2) is 41.6 Å². The van der Waals surface area contributed by atoms with Crippen molar-refractivity contribution in [2.75, 3.05) is 11.9 Å². The summed E-state index contributed by atoms with van der Waals surface area (Å²) in [7, 11) is 0. The third-order valence-electron chi connectivity index (χ3n) is 2.67. The Morgan fingerprint density at radius 3 is 2.68 bits per heavy atom. The summed E-state index contributed by atoms with van der Waals surface area (Å²) in [5.41, 5.74) is 1.67. The van der Waals surface area contributed by atoms with E-state index in [9.17, 15) is 4.79 Å². The fourth-order valence-corrected chi connectivity index (χ4v) is 1.63. The molecule has 0 amide bonds. The van der Waals surface area contributed by atoms with Crippen LogP contribution in [0.3, 0.4) is 0 Å². The van der Waals surface area contributed by atoms with Crippen LogP contribution in [-0.2, 0) is 6.54 Å². The summed E-state index contributed by atoms with van der Waals surface area (Å²) in [6.45, 7) is 5.53. The van der Waals surface area contributed by atoms with E-state index in [1.807, 2.05) is 12.1 Å². The van der Waals surface area contributed by atoms with E-state index in [0.29, 0.717) is 12.5 Å². The molecule has 0 saturated heterocycles. The molecule has 19 heavy (non-hydrogen) atoms.